The van der Waals surface area contributed by atoms with Gasteiger partial charge in [-0.05, 0) is 37.3 Å². The Balaban J connectivity index is 0.00000324. The zero-order chi connectivity index (χ0) is 23.0. The Morgan fingerprint density at radius 2 is 1.85 bits per heavy atom. The summed E-state index contributed by atoms with van der Waals surface area (Å²) >= 11 is 0. The van der Waals surface area contributed by atoms with E-state index in [2.05, 4.69) is 25.6 Å². The number of benzene rings is 2. The molecule has 0 fully saturated rings. The number of halogens is 2. The van der Waals surface area contributed by atoms with Crippen molar-refractivity contribution in [3.05, 3.63) is 95.8 Å². The van der Waals surface area contributed by atoms with E-state index in [0.29, 0.717) is 36.6 Å². The molecular weight excluding hydrogens is 548 g/mol. The number of nitrogens with one attached hydrogen (secondary N) is 2. The van der Waals surface area contributed by atoms with Crippen LogP contribution >= 0.6 is 24.0 Å². The number of nitrogens with zero attached hydrogens (tertiary/aromatic N) is 3. The van der Waals surface area contributed by atoms with Gasteiger partial charge in [-0.3, -0.25) is 4.99 Å². The van der Waals surface area contributed by atoms with Crippen LogP contribution in [0.2, 0.25) is 0 Å². The van der Waals surface area contributed by atoms with Crippen molar-refractivity contribution in [3.63, 3.8) is 0 Å². The lowest BCUT2D eigenvalue weighted by molar-refractivity contribution is 0.450. The zero-order valence-corrected chi connectivity index (χ0v) is 21.1. The molecule has 0 radical (unpaired) electrons. The molecule has 7 nitrogen and oxygen atoms in total. The molecule has 0 aliphatic rings. The van der Waals surface area contributed by atoms with Crippen molar-refractivity contribution in [1.29, 1.82) is 0 Å². The van der Waals surface area contributed by atoms with Crippen LogP contribution in [-0.2, 0) is 13.1 Å². The molecule has 0 unspecified atom stereocenters. The summed E-state index contributed by atoms with van der Waals surface area (Å²) in [5, 5.41) is 6.44. The predicted molar refractivity (Wildman–Crippen MR) is 140 cm³/mol. The maximum atomic E-state index is 13.5. The van der Waals surface area contributed by atoms with E-state index in [4.69, 9.17) is 9.15 Å². The molecule has 0 aliphatic heterocycles. The predicted octanol–water partition coefficient (Wildman–Crippen LogP) is 5.46. The molecule has 0 saturated carbocycles. The molecule has 4 aromatic rings. The SMILES string of the molecule is CN=C(NCc1coc(-c2ccc(C)cc2)n1)NCc1cccnc1Oc1cccc(F)c1.I. The van der Waals surface area contributed by atoms with Crippen molar-refractivity contribution in [2.45, 2.75) is 20.0 Å². The quantitative estimate of drug-likeness (QED) is 0.174. The molecule has 0 aliphatic carbocycles. The van der Waals surface area contributed by atoms with Gasteiger partial charge >= 0.3 is 0 Å². The van der Waals surface area contributed by atoms with E-state index in [1.54, 1.807) is 31.6 Å². The molecule has 34 heavy (non-hydrogen) atoms. The Hall–Kier alpha value is -3.47. The van der Waals surface area contributed by atoms with E-state index >= 15 is 0 Å². The van der Waals surface area contributed by atoms with E-state index < -0.39 is 0 Å². The van der Waals surface area contributed by atoms with Crippen molar-refractivity contribution in [2.24, 2.45) is 4.99 Å². The topological polar surface area (TPSA) is 84.6 Å². The molecule has 2 N–H and O–H groups in total. The lowest BCUT2D eigenvalue weighted by Gasteiger charge is -2.13. The fourth-order valence-corrected chi connectivity index (χ4v) is 3.08. The highest BCUT2D eigenvalue weighted by Crippen LogP contribution is 2.23. The van der Waals surface area contributed by atoms with Crippen LogP contribution in [0.5, 0.6) is 11.6 Å². The molecule has 2 aromatic heterocycles. The molecule has 4 rings (SSSR count). The van der Waals surface area contributed by atoms with E-state index in [0.717, 1.165) is 16.8 Å². The number of aromatic nitrogens is 2. The first-order valence-electron chi connectivity index (χ1n) is 10.4. The Morgan fingerprint density at radius 3 is 2.62 bits per heavy atom. The number of pyridine rings is 1. The van der Waals surface area contributed by atoms with E-state index in [1.165, 1.54) is 17.7 Å². The summed E-state index contributed by atoms with van der Waals surface area (Å²) in [6.45, 7) is 2.88. The maximum absolute atomic E-state index is 13.5. The summed E-state index contributed by atoms with van der Waals surface area (Å²) in [6.07, 6.45) is 3.25. The van der Waals surface area contributed by atoms with Crippen LogP contribution in [0.4, 0.5) is 4.39 Å². The summed E-state index contributed by atoms with van der Waals surface area (Å²) in [4.78, 5) is 13.0. The van der Waals surface area contributed by atoms with Gasteiger partial charge in [0, 0.05) is 37.0 Å². The van der Waals surface area contributed by atoms with Crippen molar-refractivity contribution in [2.75, 3.05) is 7.05 Å². The van der Waals surface area contributed by atoms with Crippen molar-refractivity contribution < 1.29 is 13.5 Å². The third-order valence-corrected chi connectivity index (χ3v) is 4.82. The van der Waals surface area contributed by atoms with Crippen LogP contribution in [0.15, 0.2) is 82.5 Å². The largest absolute Gasteiger partial charge is 0.444 e. The molecule has 0 spiro atoms. The van der Waals surface area contributed by atoms with Gasteiger partial charge in [-0.2, -0.15) is 0 Å². The molecule has 2 heterocycles. The van der Waals surface area contributed by atoms with Crippen LogP contribution in [-0.4, -0.2) is 23.0 Å². The molecular formula is C25H25FIN5O2. The summed E-state index contributed by atoms with van der Waals surface area (Å²) in [5.74, 6) is 1.56. The fourth-order valence-electron chi connectivity index (χ4n) is 3.08. The molecule has 9 heteroatoms. The van der Waals surface area contributed by atoms with Gasteiger partial charge in [-0.25, -0.2) is 14.4 Å². The highest BCUT2D eigenvalue weighted by molar-refractivity contribution is 14.0. The van der Waals surface area contributed by atoms with Gasteiger partial charge in [0.2, 0.25) is 11.8 Å². The minimum atomic E-state index is -0.369. The molecule has 0 bridgehead atoms. The number of oxazole rings is 1. The van der Waals surface area contributed by atoms with Crippen LogP contribution in [0.3, 0.4) is 0 Å². The Bertz CT molecular complexity index is 1240. The molecule has 0 amide bonds. The summed E-state index contributed by atoms with van der Waals surface area (Å²) in [5.41, 5.74) is 3.66. The van der Waals surface area contributed by atoms with Crippen LogP contribution in [0, 0.1) is 12.7 Å². The van der Waals surface area contributed by atoms with Gasteiger partial charge in [0.05, 0.1) is 12.2 Å². The number of rotatable bonds is 7. The molecule has 2 aromatic carbocycles. The number of ether oxygens (including phenoxy) is 1. The normalized spacial score (nSPS) is 11.0. The summed E-state index contributed by atoms with van der Waals surface area (Å²) in [7, 11) is 1.68. The van der Waals surface area contributed by atoms with Crippen LogP contribution in [0.25, 0.3) is 11.5 Å². The Kier molecular flexibility index (Phi) is 8.97. The monoisotopic (exact) mass is 573 g/mol. The summed E-state index contributed by atoms with van der Waals surface area (Å²) < 4.78 is 24.8. The van der Waals surface area contributed by atoms with Gasteiger partial charge < -0.3 is 19.8 Å². The molecule has 0 atom stereocenters. The third-order valence-electron chi connectivity index (χ3n) is 4.82. The number of hydrogen-bond donors (Lipinski definition) is 2. The van der Waals surface area contributed by atoms with E-state index in [1.807, 2.05) is 43.3 Å². The first-order valence-corrected chi connectivity index (χ1v) is 10.4. The minimum Gasteiger partial charge on any atom is -0.444 e. The van der Waals surface area contributed by atoms with Gasteiger partial charge in [0.15, 0.2) is 5.96 Å². The first kappa shape index (κ1) is 25.2. The van der Waals surface area contributed by atoms with Crippen LogP contribution in [0.1, 0.15) is 16.8 Å². The van der Waals surface area contributed by atoms with Crippen LogP contribution < -0.4 is 15.4 Å². The fraction of sp³-hybridized carbons (Fsp3) is 0.160. The minimum absolute atomic E-state index is 0. The average molecular weight is 573 g/mol. The second kappa shape index (κ2) is 12.1. The molecule has 176 valence electrons. The van der Waals surface area contributed by atoms with E-state index in [9.17, 15) is 4.39 Å². The molecule has 0 saturated heterocycles. The number of hydrogen-bond acceptors (Lipinski definition) is 5. The number of guanidine groups is 1. The lowest BCUT2D eigenvalue weighted by atomic mass is 10.1. The number of aryl methyl sites for hydroxylation is 1. The second-order valence-corrected chi connectivity index (χ2v) is 7.32. The zero-order valence-electron chi connectivity index (χ0n) is 18.8. The Morgan fingerprint density at radius 1 is 1.06 bits per heavy atom. The van der Waals surface area contributed by atoms with Gasteiger partial charge in [0.25, 0.3) is 0 Å². The first-order chi connectivity index (χ1) is 16.1. The highest BCUT2D eigenvalue weighted by Gasteiger charge is 2.10. The van der Waals surface area contributed by atoms with Gasteiger partial charge in [-0.1, -0.05) is 29.8 Å². The standard InChI is InChI=1S/C25H24FN5O2.HI/c1-17-8-10-18(11-9-17)24-31-21(16-32-24)15-30-25(27-2)29-14-19-5-4-12-28-23(19)33-22-7-3-6-20(26)13-22;/h3-13,16H,14-15H2,1-2H3,(H2,27,29,30);1H. The smallest absolute Gasteiger partial charge is 0.226 e. The van der Waals surface area contributed by atoms with Gasteiger partial charge in [-0.15, -0.1) is 24.0 Å². The highest BCUT2D eigenvalue weighted by atomic mass is 127. The van der Waals surface area contributed by atoms with Crippen molar-refractivity contribution in [1.82, 2.24) is 20.6 Å². The summed E-state index contributed by atoms with van der Waals surface area (Å²) in [6, 6.07) is 17.6. The second-order valence-electron chi connectivity index (χ2n) is 7.32. The average Bonchev–Trinajstić information content (AvgIpc) is 3.30. The van der Waals surface area contributed by atoms with Crippen molar-refractivity contribution >= 4 is 29.9 Å². The van der Waals surface area contributed by atoms with Crippen molar-refractivity contribution in [3.8, 4) is 23.1 Å². The van der Waals surface area contributed by atoms with Gasteiger partial charge in [0.1, 0.15) is 17.8 Å². The maximum Gasteiger partial charge on any atom is 0.226 e. The third kappa shape index (κ3) is 6.77. The number of aliphatic imine (C=N–C) groups is 1. The van der Waals surface area contributed by atoms with E-state index in [-0.39, 0.29) is 29.8 Å². The lowest BCUT2D eigenvalue weighted by Crippen LogP contribution is -2.36. The Labute approximate surface area is 214 Å².